The number of ether oxygens (including phenoxy) is 3. The predicted molar refractivity (Wildman–Crippen MR) is 97.3 cm³/mol. The third-order valence-electron chi connectivity index (χ3n) is 3.05. The maximum Gasteiger partial charge on any atom is 0.331 e. The number of carbonyl (C=O) groups excluding carboxylic acids is 1. The molecule has 0 fully saturated rings. The molecule has 24 heavy (non-hydrogen) atoms. The van der Waals surface area contributed by atoms with Gasteiger partial charge in [-0.25, -0.2) is 4.79 Å². The molecule has 0 aliphatic rings. The highest BCUT2D eigenvalue weighted by Crippen LogP contribution is 2.28. The van der Waals surface area contributed by atoms with Crippen molar-refractivity contribution in [1.82, 2.24) is 0 Å². The maximum absolute atomic E-state index is 11.6. The third kappa shape index (κ3) is 7.68. The summed E-state index contributed by atoms with van der Waals surface area (Å²) in [5, 5.41) is 0. The molecule has 130 valence electrons. The van der Waals surface area contributed by atoms with Crippen LogP contribution in [0.5, 0.6) is 11.5 Å². The SMILES string of the molecule is COc1cc(C=CC(=O)OCC=C(C)C)ccc1OCC=C(C)C. The summed E-state index contributed by atoms with van der Waals surface area (Å²) in [5.41, 5.74) is 3.14. The van der Waals surface area contributed by atoms with Crippen LogP contribution >= 0.6 is 0 Å². The van der Waals surface area contributed by atoms with Crippen molar-refractivity contribution in [1.29, 1.82) is 0 Å². The van der Waals surface area contributed by atoms with Gasteiger partial charge in [-0.2, -0.15) is 0 Å². The van der Waals surface area contributed by atoms with Crippen molar-refractivity contribution in [3.05, 3.63) is 53.1 Å². The average Bonchev–Trinajstić information content (AvgIpc) is 2.53. The topological polar surface area (TPSA) is 44.8 Å². The summed E-state index contributed by atoms with van der Waals surface area (Å²) in [7, 11) is 1.59. The quantitative estimate of drug-likeness (QED) is 0.398. The Bertz CT molecular complexity index is 631. The smallest absolute Gasteiger partial charge is 0.331 e. The lowest BCUT2D eigenvalue weighted by Crippen LogP contribution is -2.00. The van der Waals surface area contributed by atoms with Crippen molar-refractivity contribution < 1.29 is 19.0 Å². The van der Waals surface area contributed by atoms with E-state index < -0.39 is 0 Å². The zero-order valence-corrected chi connectivity index (χ0v) is 15.1. The summed E-state index contributed by atoms with van der Waals surface area (Å²) >= 11 is 0. The van der Waals surface area contributed by atoms with Crippen LogP contribution in [-0.2, 0) is 9.53 Å². The highest BCUT2D eigenvalue weighted by atomic mass is 16.5. The summed E-state index contributed by atoms with van der Waals surface area (Å²) in [6.45, 7) is 8.72. The van der Waals surface area contributed by atoms with Crippen molar-refractivity contribution >= 4 is 12.0 Å². The molecule has 0 atom stereocenters. The van der Waals surface area contributed by atoms with Crippen molar-refractivity contribution in [2.45, 2.75) is 27.7 Å². The van der Waals surface area contributed by atoms with E-state index in [1.54, 1.807) is 13.2 Å². The summed E-state index contributed by atoms with van der Waals surface area (Å²) < 4.78 is 16.1. The van der Waals surface area contributed by atoms with E-state index in [0.29, 0.717) is 18.1 Å². The first-order valence-electron chi connectivity index (χ1n) is 7.84. The minimum Gasteiger partial charge on any atom is -0.493 e. The molecule has 0 aliphatic heterocycles. The Morgan fingerprint density at radius 2 is 1.67 bits per heavy atom. The first kappa shape index (κ1) is 19.6. The van der Waals surface area contributed by atoms with E-state index in [1.165, 1.54) is 11.6 Å². The van der Waals surface area contributed by atoms with Gasteiger partial charge in [-0.3, -0.25) is 0 Å². The summed E-state index contributed by atoms with van der Waals surface area (Å²) in [5.74, 6) is 0.908. The summed E-state index contributed by atoms with van der Waals surface area (Å²) in [6, 6.07) is 5.50. The second kappa shape index (κ2) is 10.3. The minimum absolute atomic E-state index is 0.284. The first-order valence-corrected chi connectivity index (χ1v) is 7.84. The molecule has 0 bridgehead atoms. The number of hydrogen-bond donors (Lipinski definition) is 0. The fraction of sp³-hybridized carbons (Fsp3) is 0.350. The van der Waals surface area contributed by atoms with Gasteiger partial charge in [0.25, 0.3) is 0 Å². The van der Waals surface area contributed by atoms with Crippen molar-refractivity contribution in [2.24, 2.45) is 0 Å². The second-order valence-electron chi connectivity index (χ2n) is 5.75. The number of hydrogen-bond acceptors (Lipinski definition) is 4. The Hall–Kier alpha value is -2.49. The van der Waals surface area contributed by atoms with E-state index in [1.807, 2.05) is 58.0 Å². The molecule has 4 heteroatoms. The molecule has 0 spiro atoms. The standard InChI is InChI=1S/C20H26O4/c1-15(2)10-12-23-18-8-6-17(14-19(18)22-5)7-9-20(21)24-13-11-16(3)4/h6-11,14H,12-13H2,1-5H3. The minimum atomic E-state index is -0.379. The van der Waals surface area contributed by atoms with Gasteiger partial charge in [-0.1, -0.05) is 17.2 Å². The van der Waals surface area contributed by atoms with Crippen molar-refractivity contribution in [2.75, 3.05) is 20.3 Å². The van der Waals surface area contributed by atoms with E-state index in [2.05, 4.69) is 0 Å². The molecule has 0 saturated carbocycles. The molecule has 0 heterocycles. The fourth-order valence-electron chi connectivity index (χ4n) is 1.71. The van der Waals surface area contributed by atoms with Crippen LogP contribution in [0.1, 0.15) is 33.3 Å². The van der Waals surface area contributed by atoms with Gasteiger partial charge in [0.1, 0.15) is 13.2 Å². The Morgan fingerprint density at radius 3 is 2.29 bits per heavy atom. The Morgan fingerprint density at radius 1 is 1.00 bits per heavy atom. The summed E-state index contributed by atoms with van der Waals surface area (Å²) in [4.78, 5) is 11.6. The molecule has 1 rings (SSSR count). The number of rotatable bonds is 8. The van der Waals surface area contributed by atoms with E-state index in [0.717, 1.165) is 11.1 Å². The van der Waals surface area contributed by atoms with Crippen LogP contribution in [0.25, 0.3) is 6.08 Å². The number of methoxy groups -OCH3 is 1. The third-order valence-corrected chi connectivity index (χ3v) is 3.05. The monoisotopic (exact) mass is 330 g/mol. The van der Waals surface area contributed by atoms with E-state index >= 15 is 0 Å². The fourth-order valence-corrected chi connectivity index (χ4v) is 1.71. The Labute approximate surface area is 144 Å². The van der Waals surface area contributed by atoms with Gasteiger partial charge in [0.15, 0.2) is 11.5 Å². The van der Waals surface area contributed by atoms with E-state index in [9.17, 15) is 4.79 Å². The van der Waals surface area contributed by atoms with Gasteiger partial charge < -0.3 is 14.2 Å². The molecule has 1 aromatic carbocycles. The molecule has 0 aromatic heterocycles. The zero-order chi connectivity index (χ0) is 17.9. The largest absolute Gasteiger partial charge is 0.493 e. The van der Waals surface area contributed by atoms with Crippen molar-refractivity contribution in [3.8, 4) is 11.5 Å². The van der Waals surface area contributed by atoms with Crippen LogP contribution in [0.15, 0.2) is 47.6 Å². The van der Waals surface area contributed by atoms with Gasteiger partial charge in [0, 0.05) is 6.08 Å². The lowest BCUT2D eigenvalue weighted by Gasteiger charge is -2.10. The molecule has 0 saturated heterocycles. The molecule has 0 amide bonds. The Balaban J connectivity index is 2.69. The first-order chi connectivity index (χ1) is 11.4. The van der Waals surface area contributed by atoms with E-state index in [4.69, 9.17) is 14.2 Å². The van der Waals surface area contributed by atoms with Gasteiger partial charge >= 0.3 is 5.97 Å². The molecule has 0 radical (unpaired) electrons. The van der Waals surface area contributed by atoms with Crippen LogP contribution in [0.3, 0.4) is 0 Å². The number of benzene rings is 1. The normalized spacial score (nSPS) is 10.2. The van der Waals surface area contributed by atoms with Gasteiger partial charge in [0.2, 0.25) is 0 Å². The molecular weight excluding hydrogens is 304 g/mol. The number of allylic oxidation sites excluding steroid dienone is 2. The maximum atomic E-state index is 11.6. The predicted octanol–water partition coefficient (Wildman–Crippen LogP) is 4.56. The highest BCUT2D eigenvalue weighted by molar-refractivity contribution is 5.87. The number of carbonyl (C=O) groups is 1. The Kier molecular flexibility index (Phi) is 8.41. The second-order valence-corrected chi connectivity index (χ2v) is 5.75. The molecule has 1 aromatic rings. The summed E-state index contributed by atoms with van der Waals surface area (Å²) in [6.07, 6.45) is 6.94. The molecule has 4 nitrogen and oxygen atoms in total. The van der Waals surface area contributed by atoms with Crippen LogP contribution in [-0.4, -0.2) is 26.3 Å². The molecule has 0 aliphatic carbocycles. The van der Waals surface area contributed by atoms with Gasteiger partial charge in [-0.05, 0) is 63.6 Å². The van der Waals surface area contributed by atoms with E-state index in [-0.39, 0.29) is 12.6 Å². The van der Waals surface area contributed by atoms with Crippen LogP contribution in [0.2, 0.25) is 0 Å². The van der Waals surface area contributed by atoms with Gasteiger partial charge in [-0.15, -0.1) is 0 Å². The van der Waals surface area contributed by atoms with Gasteiger partial charge in [0.05, 0.1) is 7.11 Å². The van der Waals surface area contributed by atoms with Crippen LogP contribution in [0.4, 0.5) is 0 Å². The average molecular weight is 330 g/mol. The zero-order valence-electron chi connectivity index (χ0n) is 15.1. The highest BCUT2D eigenvalue weighted by Gasteiger charge is 2.04. The van der Waals surface area contributed by atoms with Crippen molar-refractivity contribution in [3.63, 3.8) is 0 Å². The lowest BCUT2D eigenvalue weighted by atomic mass is 10.2. The van der Waals surface area contributed by atoms with Crippen LogP contribution in [0, 0.1) is 0 Å². The lowest BCUT2D eigenvalue weighted by molar-refractivity contribution is -0.136. The van der Waals surface area contributed by atoms with Crippen LogP contribution < -0.4 is 9.47 Å². The number of esters is 1. The molecule has 0 unspecified atom stereocenters. The molecular formula is C20H26O4. The molecule has 0 N–H and O–H groups in total.